The van der Waals surface area contributed by atoms with Gasteiger partial charge < -0.3 is 5.11 Å². The number of rotatable bonds is 3. The Morgan fingerprint density at radius 3 is 1.92 bits per heavy atom. The van der Waals surface area contributed by atoms with Gasteiger partial charge in [0.05, 0.1) is 22.4 Å². The van der Waals surface area contributed by atoms with E-state index in [4.69, 9.17) is 9.97 Å². The van der Waals surface area contributed by atoms with Crippen molar-refractivity contribution in [3.63, 3.8) is 0 Å². The summed E-state index contributed by atoms with van der Waals surface area (Å²) in [6.07, 6.45) is 1.68. The Hall–Kier alpha value is -3.46. The van der Waals surface area contributed by atoms with Crippen LogP contribution in [0.2, 0.25) is 0 Å². The Balaban J connectivity index is 1.92. The molecule has 4 rings (SSSR count). The van der Waals surface area contributed by atoms with Crippen LogP contribution in [0.4, 0.5) is 0 Å². The van der Waals surface area contributed by atoms with Gasteiger partial charge in [0.15, 0.2) is 0 Å². The molecule has 0 aliphatic rings. The summed E-state index contributed by atoms with van der Waals surface area (Å²) >= 11 is 0. The van der Waals surface area contributed by atoms with Crippen molar-refractivity contribution in [2.75, 3.05) is 0 Å². The smallest absolute Gasteiger partial charge is 0.125 e. The van der Waals surface area contributed by atoms with Crippen molar-refractivity contribution >= 4 is 22.9 Å². The third-order valence-electron chi connectivity index (χ3n) is 3.99. The molecule has 0 bridgehead atoms. The van der Waals surface area contributed by atoms with Gasteiger partial charge >= 0.3 is 0 Å². The summed E-state index contributed by atoms with van der Waals surface area (Å²) < 4.78 is 0. The fourth-order valence-electron chi connectivity index (χ4n) is 2.74. The van der Waals surface area contributed by atoms with Crippen molar-refractivity contribution in [2.45, 2.75) is 0 Å². The predicted octanol–water partition coefficient (Wildman–Crippen LogP) is 5.35. The van der Waals surface area contributed by atoms with Gasteiger partial charge in [-0.3, -0.25) is 0 Å². The lowest BCUT2D eigenvalue weighted by Gasteiger charge is -2.08. The van der Waals surface area contributed by atoms with E-state index in [0.717, 1.165) is 27.9 Å². The second-order valence-electron chi connectivity index (χ2n) is 5.71. The second-order valence-corrected chi connectivity index (χ2v) is 5.71. The van der Waals surface area contributed by atoms with Gasteiger partial charge in [-0.15, -0.1) is 0 Å². The van der Waals surface area contributed by atoms with Gasteiger partial charge in [-0.05, 0) is 12.1 Å². The maximum Gasteiger partial charge on any atom is 0.125 e. The molecule has 3 aromatic carbocycles. The first-order valence-corrected chi connectivity index (χ1v) is 8.09. The Kier molecular flexibility index (Phi) is 3.97. The van der Waals surface area contributed by atoms with Crippen LogP contribution in [0.1, 0.15) is 11.3 Å². The largest absolute Gasteiger partial charge is 0.507 e. The van der Waals surface area contributed by atoms with Crippen LogP contribution in [0.5, 0.6) is 0 Å². The minimum Gasteiger partial charge on any atom is -0.507 e. The van der Waals surface area contributed by atoms with Crippen molar-refractivity contribution < 1.29 is 5.11 Å². The maximum atomic E-state index is 10.5. The minimum atomic E-state index is 0.169. The van der Waals surface area contributed by atoms with Crippen LogP contribution in [0.3, 0.4) is 0 Å². The first-order chi connectivity index (χ1) is 12.3. The molecule has 0 saturated carbocycles. The van der Waals surface area contributed by atoms with Gasteiger partial charge in [0, 0.05) is 17.2 Å². The van der Waals surface area contributed by atoms with Crippen LogP contribution in [0.25, 0.3) is 34.1 Å². The van der Waals surface area contributed by atoms with Crippen molar-refractivity contribution in [1.82, 2.24) is 9.97 Å². The number of aliphatic hydroxyl groups is 1. The van der Waals surface area contributed by atoms with Crippen molar-refractivity contribution in [1.29, 1.82) is 0 Å². The predicted molar refractivity (Wildman–Crippen MR) is 102 cm³/mol. The van der Waals surface area contributed by atoms with Gasteiger partial charge in [-0.1, -0.05) is 72.8 Å². The molecule has 120 valence electrons. The molecule has 0 unspecified atom stereocenters. The molecule has 0 radical (unpaired) electrons. The number of hydrogen-bond acceptors (Lipinski definition) is 3. The summed E-state index contributed by atoms with van der Waals surface area (Å²) in [5.74, 6) is 0.169. The van der Waals surface area contributed by atoms with Gasteiger partial charge in [-0.25, -0.2) is 9.97 Å². The molecule has 0 saturated heterocycles. The molecule has 25 heavy (non-hydrogen) atoms. The average molecular weight is 324 g/mol. The summed E-state index contributed by atoms with van der Waals surface area (Å²) in [6, 6.07) is 27.1. The van der Waals surface area contributed by atoms with Crippen LogP contribution in [0.15, 0.2) is 84.9 Å². The summed E-state index contributed by atoms with van der Waals surface area (Å²) in [4.78, 5) is 9.49. The van der Waals surface area contributed by atoms with E-state index in [2.05, 4.69) is 0 Å². The van der Waals surface area contributed by atoms with Crippen molar-refractivity contribution in [3.05, 3.63) is 96.2 Å². The number of benzene rings is 3. The molecule has 4 aromatic rings. The molecule has 0 atom stereocenters. The summed E-state index contributed by atoms with van der Waals surface area (Å²) in [5, 5.41) is 10.5. The highest BCUT2D eigenvalue weighted by molar-refractivity contribution is 5.86. The van der Waals surface area contributed by atoms with E-state index >= 15 is 0 Å². The fraction of sp³-hybridized carbons (Fsp3) is 0. The maximum absolute atomic E-state index is 10.5. The summed E-state index contributed by atoms with van der Waals surface area (Å²) in [7, 11) is 0. The SMILES string of the molecule is O/C(=C/c1nc2ccccc2nc1-c1ccccc1)c1ccccc1. The van der Waals surface area contributed by atoms with Crippen molar-refractivity contribution in [3.8, 4) is 11.3 Å². The molecule has 3 nitrogen and oxygen atoms in total. The second kappa shape index (κ2) is 6.57. The zero-order chi connectivity index (χ0) is 17.1. The van der Waals surface area contributed by atoms with Crippen LogP contribution >= 0.6 is 0 Å². The highest BCUT2D eigenvalue weighted by Gasteiger charge is 2.10. The lowest BCUT2D eigenvalue weighted by atomic mass is 10.1. The molecule has 1 aromatic heterocycles. The normalized spacial score (nSPS) is 11.6. The number of fused-ring (bicyclic) bond motifs is 1. The standard InChI is InChI=1S/C22H16N2O/c25-21(16-9-3-1-4-10-16)15-20-22(17-11-5-2-6-12-17)24-19-14-8-7-13-18(19)23-20/h1-15,25H/b21-15+. The van der Waals surface area contributed by atoms with Crippen LogP contribution < -0.4 is 0 Å². The molecule has 0 fully saturated rings. The lowest BCUT2D eigenvalue weighted by molar-refractivity contribution is 0.515. The topological polar surface area (TPSA) is 46.0 Å². The van der Waals surface area contributed by atoms with E-state index in [1.807, 2.05) is 84.9 Å². The number of nitrogens with zero attached hydrogens (tertiary/aromatic N) is 2. The number of para-hydroxylation sites is 2. The molecule has 3 heteroatoms. The lowest BCUT2D eigenvalue weighted by Crippen LogP contribution is -1.95. The Morgan fingerprint density at radius 1 is 0.680 bits per heavy atom. The van der Waals surface area contributed by atoms with E-state index in [-0.39, 0.29) is 5.76 Å². The zero-order valence-corrected chi connectivity index (χ0v) is 13.5. The third kappa shape index (κ3) is 3.12. The molecule has 0 aliphatic heterocycles. The number of aliphatic hydroxyl groups excluding tert-OH is 1. The zero-order valence-electron chi connectivity index (χ0n) is 13.5. The van der Waals surface area contributed by atoms with E-state index in [1.165, 1.54) is 0 Å². The summed E-state index contributed by atoms with van der Waals surface area (Å²) in [6.45, 7) is 0. The summed E-state index contributed by atoms with van der Waals surface area (Å²) in [5.41, 5.74) is 4.74. The van der Waals surface area contributed by atoms with Gasteiger partial charge in [0.2, 0.25) is 0 Å². The Morgan fingerprint density at radius 2 is 1.24 bits per heavy atom. The van der Waals surface area contributed by atoms with Crippen LogP contribution in [-0.2, 0) is 0 Å². The molecular formula is C22H16N2O. The monoisotopic (exact) mass is 324 g/mol. The highest BCUT2D eigenvalue weighted by atomic mass is 16.3. The van der Waals surface area contributed by atoms with E-state index < -0.39 is 0 Å². The minimum absolute atomic E-state index is 0.169. The number of aromatic nitrogens is 2. The van der Waals surface area contributed by atoms with E-state index in [1.54, 1.807) is 6.08 Å². The van der Waals surface area contributed by atoms with Crippen LogP contribution in [-0.4, -0.2) is 15.1 Å². The molecule has 1 N–H and O–H groups in total. The first kappa shape index (κ1) is 15.1. The fourth-order valence-corrected chi connectivity index (χ4v) is 2.74. The van der Waals surface area contributed by atoms with Gasteiger partial charge in [0.1, 0.15) is 5.76 Å². The average Bonchev–Trinajstić information content (AvgIpc) is 2.69. The molecule has 0 spiro atoms. The van der Waals surface area contributed by atoms with E-state index in [0.29, 0.717) is 5.69 Å². The van der Waals surface area contributed by atoms with Gasteiger partial charge in [0.25, 0.3) is 0 Å². The third-order valence-corrected chi connectivity index (χ3v) is 3.99. The molecule has 0 amide bonds. The quantitative estimate of drug-likeness (QED) is 0.516. The Labute approximate surface area is 146 Å². The Bertz CT molecular complexity index is 1040. The van der Waals surface area contributed by atoms with Gasteiger partial charge in [-0.2, -0.15) is 0 Å². The number of hydrogen-bond donors (Lipinski definition) is 1. The highest BCUT2D eigenvalue weighted by Crippen LogP contribution is 2.26. The van der Waals surface area contributed by atoms with Crippen LogP contribution in [0, 0.1) is 0 Å². The van der Waals surface area contributed by atoms with Crippen molar-refractivity contribution in [2.24, 2.45) is 0 Å². The molecule has 1 heterocycles. The molecular weight excluding hydrogens is 308 g/mol. The van der Waals surface area contributed by atoms with E-state index in [9.17, 15) is 5.11 Å². The molecule has 0 aliphatic carbocycles. The first-order valence-electron chi connectivity index (χ1n) is 8.09.